The summed E-state index contributed by atoms with van der Waals surface area (Å²) in [7, 11) is 0. The number of piperidine rings is 1. The second-order valence-corrected chi connectivity index (χ2v) is 6.88. The minimum Gasteiger partial charge on any atom is -0.393 e. The molecule has 19 heavy (non-hydrogen) atoms. The van der Waals surface area contributed by atoms with Crippen molar-refractivity contribution in [2.75, 3.05) is 6.54 Å². The molecule has 3 aliphatic rings. The van der Waals surface area contributed by atoms with Crippen LogP contribution in [0.2, 0.25) is 0 Å². The smallest absolute Gasteiger partial charge is 0.225 e. The van der Waals surface area contributed by atoms with E-state index in [1.807, 2.05) is 0 Å². The fourth-order valence-electron chi connectivity index (χ4n) is 4.15. The van der Waals surface area contributed by atoms with Crippen LogP contribution in [0.3, 0.4) is 0 Å². The van der Waals surface area contributed by atoms with Crippen molar-refractivity contribution >= 4 is 5.91 Å². The van der Waals surface area contributed by atoms with Gasteiger partial charge in [-0.15, -0.1) is 0 Å². The lowest BCUT2D eigenvalue weighted by molar-refractivity contribution is -0.141. The molecule has 0 aromatic carbocycles. The molecule has 0 bridgehead atoms. The van der Waals surface area contributed by atoms with Gasteiger partial charge in [0, 0.05) is 24.4 Å². The molecule has 2 aliphatic carbocycles. The summed E-state index contributed by atoms with van der Waals surface area (Å²) in [4.78, 5) is 14.8. The Balaban J connectivity index is 1.71. The van der Waals surface area contributed by atoms with Crippen LogP contribution in [0.25, 0.3) is 0 Å². The number of hydrogen-bond acceptors (Lipinski definition) is 2. The second kappa shape index (κ2) is 5.43. The Morgan fingerprint density at radius 1 is 1.11 bits per heavy atom. The summed E-state index contributed by atoms with van der Waals surface area (Å²) in [5, 5.41) is 10.2. The monoisotopic (exact) mass is 265 g/mol. The normalized spacial score (nSPS) is 37.4. The topological polar surface area (TPSA) is 40.5 Å². The number of rotatable bonds is 3. The van der Waals surface area contributed by atoms with Gasteiger partial charge in [0.15, 0.2) is 0 Å². The van der Waals surface area contributed by atoms with E-state index in [9.17, 15) is 9.90 Å². The molecule has 1 N–H and O–H groups in total. The molecule has 2 saturated carbocycles. The zero-order valence-corrected chi connectivity index (χ0v) is 12.1. The first-order chi connectivity index (χ1) is 9.18. The number of aliphatic hydroxyl groups excluding tert-OH is 1. The fourth-order valence-corrected chi connectivity index (χ4v) is 4.15. The maximum Gasteiger partial charge on any atom is 0.225 e. The molecule has 1 saturated heterocycles. The van der Waals surface area contributed by atoms with E-state index in [0.717, 1.165) is 38.6 Å². The first kappa shape index (κ1) is 13.4. The number of nitrogens with zero attached hydrogens (tertiary/aromatic N) is 1. The van der Waals surface area contributed by atoms with E-state index in [-0.39, 0.29) is 12.0 Å². The molecule has 3 heteroatoms. The number of carbonyl (C=O) groups is 1. The van der Waals surface area contributed by atoms with Crippen molar-refractivity contribution in [3.8, 4) is 0 Å². The van der Waals surface area contributed by atoms with Crippen LogP contribution in [0.4, 0.5) is 0 Å². The van der Waals surface area contributed by atoms with Gasteiger partial charge >= 0.3 is 0 Å². The highest BCUT2D eigenvalue weighted by Gasteiger charge is 2.42. The largest absolute Gasteiger partial charge is 0.393 e. The minimum atomic E-state index is -0.172. The van der Waals surface area contributed by atoms with Gasteiger partial charge in [0.2, 0.25) is 5.91 Å². The molecular formula is C16H27NO2. The molecule has 1 amide bonds. The van der Waals surface area contributed by atoms with Crippen LogP contribution in [0, 0.1) is 17.8 Å². The predicted octanol–water partition coefficient (Wildman–Crippen LogP) is 2.57. The summed E-state index contributed by atoms with van der Waals surface area (Å²) in [6, 6.07) is 0.319. The zero-order valence-electron chi connectivity index (χ0n) is 12.1. The lowest BCUT2D eigenvalue weighted by Gasteiger charge is -2.41. The Hall–Kier alpha value is -0.570. The molecule has 3 fully saturated rings. The third kappa shape index (κ3) is 2.67. The highest BCUT2D eigenvalue weighted by atomic mass is 16.3. The molecular weight excluding hydrogens is 238 g/mol. The fraction of sp³-hybridized carbons (Fsp3) is 0.938. The summed E-state index contributed by atoms with van der Waals surface area (Å²) < 4.78 is 0. The Morgan fingerprint density at radius 2 is 1.89 bits per heavy atom. The highest BCUT2D eigenvalue weighted by Crippen LogP contribution is 2.40. The van der Waals surface area contributed by atoms with Gasteiger partial charge in [-0.2, -0.15) is 0 Å². The maximum atomic E-state index is 12.7. The average molecular weight is 265 g/mol. The quantitative estimate of drug-likeness (QED) is 0.852. The van der Waals surface area contributed by atoms with Gasteiger partial charge in [0.25, 0.3) is 0 Å². The van der Waals surface area contributed by atoms with Crippen LogP contribution in [0.1, 0.15) is 58.3 Å². The molecule has 1 aliphatic heterocycles. The highest BCUT2D eigenvalue weighted by molar-refractivity contribution is 5.79. The lowest BCUT2D eigenvalue weighted by Crippen LogP contribution is -2.51. The van der Waals surface area contributed by atoms with E-state index < -0.39 is 0 Å². The van der Waals surface area contributed by atoms with Gasteiger partial charge in [-0.25, -0.2) is 0 Å². The van der Waals surface area contributed by atoms with Crippen molar-refractivity contribution in [3.63, 3.8) is 0 Å². The molecule has 3 rings (SSSR count). The number of carbonyl (C=O) groups excluding carboxylic acids is 1. The number of likely N-dealkylation sites (tertiary alicyclic amines) is 1. The number of hydrogen-bond donors (Lipinski definition) is 1. The van der Waals surface area contributed by atoms with Crippen molar-refractivity contribution in [3.05, 3.63) is 0 Å². The van der Waals surface area contributed by atoms with Gasteiger partial charge in [0.1, 0.15) is 0 Å². The van der Waals surface area contributed by atoms with Crippen molar-refractivity contribution in [2.45, 2.75) is 70.4 Å². The summed E-state index contributed by atoms with van der Waals surface area (Å²) in [6.45, 7) is 3.03. The number of amides is 1. The van der Waals surface area contributed by atoms with Crippen LogP contribution < -0.4 is 0 Å². The van der Waals surface area contributed by atoms with Crippen molar-refractivity contribution in [2.24, 2.45) is 17.8 Å². The Bertz CT molecular complexity index is 340. The Labute approximate surface area is 116 Å². The molecule has 0 radical (unpaired) electrons. The first-order valence-electron chi connectivity index (χ1n) is 8.17. The van der Waals surface area contributed by atoms with E-state index in [4.69, 9.17) is 0 Å². The first-order valence-corrected chi connectivity index (χ1v) is 8.17. The van der Waals surface area contributed by atoms with E-state index in [1.54, 1.807) is 0 Å². The van der Waals surface area contributed by atoms with Crippen LogP contribution in [-0.4, -0.2) is 34.6 Å². The van der Waals surface area contributed by atoms with E-state index in [2.05, 4.69) is 11.8 Å². The van der Waals surface area contributed by atoms with Gasteiger partial charge in [0.05, 0.1) is 6.10 Å². The number of aliphatic hydroxyl groups is 1. The van der Waals surface area contributed by atoms with Gasteiger partial charge in [-0.3, -0.25) is 4.79 Å². The van der Waals surface area contributed by atoms with Gasteiger partial charge < -0.3 is 10.0 Å². The second-order valence-electron chi connectivity index (χ2n) is 6.88. The molecule has 4 unspecified atom stereocenters. The summed E-state index contributed by atoms with van der Waals surface area (Å²) in [5.41, 5.74) is 0. The van der Waals surface area contributed by atoms with Crippen LogP contribution in [0.5, 0.6) is 0 Å². The third-order valence-corrected chi connectivity index (χ3v) is 5.58. The van der Waals surface area contributed by atoms with Crippen LogP contribution >= 0.6 is 0 Å². The molecule has 0 spiro atoms. The molecule has 108 valence electrons. The summed E-state index contributed by atoms with van der Waals surface area (Å²) in [5.74, 6) is 1.56. The van der Waals surface area contributed by atoms with Gasteiger partial charge in [-0.1, -0.05) is 13.3 Å². The summed E-state index contributed by atoms with van der Waals surface area (Å²) >= 11 is 0. The SMILES string of the molecule is CC(C(=O)N1CCCCC1C1CCCC1O)C1CC1. The maximum absolute atomic E-state index is 12.7. The van der Waals surface area contributed by atoms with E-state index >= 15 is 0 Å². The van der Waals surface area contributed by atoms with E-state index in [0.29, 0.717) is 23.8 Å². The van der Waals surface area contributed by atoms with Crippen LogP contribution in [0.15, 0.2) is 0 Å². The zero-order chi connectivity index (χ0) is 13.4. The Morgan fingerprint density at radius 3 is 2.53 bits per heavy atom. The molecule has 0 aromatic heterocycles. The molecule has 3 nitrogen and oxygen atoms in total. The lowest BCUT2D eigenvalue weighted by atomic mass is 9.86. The van der Waals surface area contributed by atoms with Gasteiger partial charge in [-0.05, 0) is 50.9 Å². The predicted molar refractivity (Wildman–Crippen MR) is 74.6 cm³/mol. The third-order valence-electron chi connectivity index (χ3n) is 5.58. The Kier molecular flexibility index (Phi) is 3.84. The van der Waals surface area contributed by atoms with Crippen LogP contribution in [-0.2, 0) is 4.79 Å². The molecule has 0 aromatic rings. The molecule has 1 heterocycles. The summed E-state index contributed by atoms with van der Waals surface area (Å²) in [6.07, 6.45) is 8.92. The standard InChI is InChI=1S/C16H27NO2/c1-11(12-8-9-12)16(19)17-10-3-2-6-14(17)13-5-4-7-15(13)18/h11-15,18H,2-10H2,1H3. The van der Waals surface area contributed by atoms with Crippen molar-refractivity contribution in [1.29, 1.82) is 0 Å². The van der Waals surface area contributed by atoms with E-state index in [1.165, 1.54) is 19.3 Å². The minimum absolute atomic E-state index is 0.172. The van der Waals surface area contributed by atoms with Crippen molar-refractivity contribution in [1.82, 2.24) is 4.90 Å². The van der Waals surface area contributed by atoms with Crippen molar-refractivity contribution < 1.29 is 9.90 Å². The molecule has 4 atom stereocenters. The average Bonchev–Trinajstić information content (AvgIpc) is 3.19.